The molecule has 0 aliphatic rings. The van der Waals surface area contributed by atoms with Crippen LogP contribution in [0.5, 0.6) is 0 Å². The minimum Gasteiger partial charge on any atom is -0.367 e. The molecular weight excluding hydrogens is 426 g/mol. The number of nitro benzene ring substituents is 1. The largest absolute Gasteiger partial charge is 0.367 e. The molecule has 1 N–H and O–H groups in total. The fourth-order valence-electron chi connectivity index (χ4n) is 3.75. The Bertz CT molecular complexity index is 1190. The maximum absolute atomic E-state index is 11.9. The van der Waals surface area contributed by atoms with E-state index in [-0.39, 0.29) is 22.6 Å². The SMILES string of the molecule is C=NN(C)/C(=C(/C)C(C)C)c1ccc([N+](=O)[O-])c(NC(c2ccccc2)c2ccc(C)cn2)c1. The first kappa shape index (κ1) is 24.6. The minimum atomic E-state index is -0.371. The van der Waals surface area contributed by atoms with Gasteiger partial charge in [-0.25, -0.2) is 0 Å². The number of aryl methyl sites for hydroxylation is 1. The van der Waals surface area contributed by atoms with Gasteiger partial charge in [-0.3, -0.25) is 20.1 Å². The lowest BCUT2D eigenvalue weighted by Crippen LogP contribution is -2.16. The van der Waals surface area contributed by atoms with Gasteiger partial charge in [0.1, 0.15) is 5.69 Å². The highest BCUT2D eigenvalue weighted by atomic mass is 16.6. The molecule has 0 saturated carbocycles. The summed E-state index contributed by atoms with van der Waals surface area (Å²) in [5, 5.41) is 21.1. The predicted octanol–water partition coefficient (Wildman–Crippen LogP) is 6.43. The maximum Gasteiger partial charge on any atom is 0.292 e. The zero-order valence-electron chi connectivity index (χ0n) is 20.3. The van der Waals surface area contributed by atoms with Crippen molar-refractivity contribution in [2.24, 2.45) is 11.0 Å². The van der Waals surface area contributed by atoms with E-state index in [9.17, 15) is 10.1 Å². The van der Waals surface area contributed by atoms with Crippen LogP contribution in [0.15, 0.2) is 77.5 Å². The fourth-order valence-corrected chi connectivity index (χ4v) is 3.75. The van der Waals surface area contributed by atoms with Crippen LogP contribution in [0.25, 0.3) is 5.70 Å². The molecule has 1 unspecified atom stereocenters. The second-order valence-corrected chi connectivity index (χ2v) is 8.59. The van der Waals surface area contributed by atoms with Crippen LogP contribution in [0, 0.1) is 23.0 Å². The first-order valence-electron chi connectivity index (χ1n) is 11.2. The van der Waals surface area contributed by atoms with Crippen molar-refractivity contribution < 1.29 is 4.92 Å². The average molecular weight is 458 g/mol. The first-order chi connectivity index (χ1) is 16.2. The molecule has 2 aromatic carbocycles. The number of hydrogen-bond acceptors (Lipinski definition) is 6. The Morgan fingerprint density at radius 2 is 1.85 bits per heavy atom. The van der Waals surface area contributed by atoms with Gasteiger partial charge in [-0.05, 0) is 54.7 Å². The Hall–Kier alpha value is -4.00. The zero-order valence-corrected chi connectivity index (χ0v) is 20.3. The molecule has 176 valence electrons. The summed E-state index contributed by atoms with van der Waals surface area (Å²) >= 11 is 0. The number of rotatable bonds is 9. The van der Waals surface area contributed by atoms with Crippen LogP contribution in [0.4, 0.5) is 11.4 Å². The fraction of sp³-hybridized carbons (Fsp3) is 0.259. The van der Waals surface area contributed by atoms with Gasteiger partial charge in [0, 0.05) is 31.6 Å². The average Bonchev–Trinajstić information content (AvgIpc) is 2.83. The molecule has 0 radical (unpaired) electrons. The normalized spacial score (nSPS) is 12.6. The molecule has 0 saturated heterocycles. The summed E-state index contributed by atoms with van der Waals surface area (Å²) in [4.78, 5) is 16.2. The molecule has 0 spiro atoms. The number of pyridine rings is 1. The third-order valence-electron chi connectivity index (χ3n) is 5.90. The van der Waals surface area contributed by atoms with Crippen LogP contribution < -0.4 is 5.32 Å². The van der Waals surface area contributed by atoms with Crippen LogP contribution in [0.2, 0.25) is 0 Å². The zero-order chi connectivity index (χ0) is 24.8. The highest BCUT2D eigenvalue weighted by molar-refractivity contribution is 5.75. The van der Waals surface area contributed by atoms with Gasteiger partial charge in [0.2, 0.25) is 0 Å². The molecule has 7 nitrogen and oxygen atoms in total. The lowest BCUT2D eigenvalue weighted by atomic mass is 9.97. The standard InChI is InChI=1S/C27H31N5O2/c1-18(2)20(4)27(31(6)28-5)22-13-15-25(32(33)34)24(16-22)30-26(21-10-8-7-9-11-21)23-14-12-19(3)17-29-23/h7-18,26,30H,5H2,1-4,6H3/b27-20-. The van der Waals surface area contributed by atoms with Gasteiger partial charge >= 0.3 is 0 Å². The monoisotopic (exact) mass is 457 g/mol. The molecule has 0 fully saturated rings. The summed E-state index contributed by atoms with van der Waals surface area (Å²) in [6, 6.07) is 18.5. The summed E-state index contributed by atoms with van der Waals surface area (Å²) in [5.41, 5.74) is 5.97. The molecule has 1 heterocycles. The van der Waals surface area contributed by atoms with E-state index in [2.05, 4.69) is 36.0 Å². The Labute approximate surface area is 201 Å². The third kappa shape index (κ3) is 5.49. The lowest BCUT2D eigenvalue weighted by molar-refractivity contribution is -0.384. The topological polar surface area (TPSA) is 83.7 Å². The van der Waals surface area contributed by atoms with Crippen molar-refractivity contribution >= 4 is 23.8 Å². The molecule has 0 aliphatic carbocycles. The lowest BCUT2D eigenvalue weighted by Gasteiger charge is -2.24. The van der Waals surface area contributed by atoms with Gasteiger partial charge in [0.15, 0.2) is 0 Å². The van der Waals surface area contributed by atoms with E-state index in [0.717, 1.165) is 33.7 Å². The third-order valence-corrected chi connectivity index (χ3v) is 5.90. The summed E-state index contributed by atoms with van der Waals surface area (Å²) < 4.78 is 0. The van der Waals surface area contributed by atoms with Crippen molar-refractivity contribution in [2.75, 3.05) is 12.4 Å². The maximum atomic E-state index is 11.9. The van der Waals surface area contributed by atoms with Gasteiger partial charge in [0.25, 0.3) is 5.69 Å². The number of aromatic nitrogens is 1. The molecule has 1 atom stereocenters. The molecule has 0 amide bonds. The van der Waals surface area contributed by atoms with Crippen molar-refractivity contribution in [1.29, 1.82) is 0 Å². The smallest absolute Gasteiger partial charge is 0.292 e. The summed E-state index contributed by atoms with van der Waals surface area (Å²) in [5.74, 6) is 0.264. The van der Waals surface area contributed by atoms with Crippen molar-refractivity contribution in [2.45, 2.75) is 33.7 Å². The van der Waals surface area contributed by atoms with Gasteiger partial charge < -0.3 is 5.32 Å². The van der Waals surface area contributed by atoms with Crippen LogP contribution in [0.3, 0.4) is 0 Å². The molecule has 1 aromatic heterocycles. The van der Waals surface area contributed by atoms with Crippen LogP contribution in [-0.2, 0) is 0 Å². The summed E-state index contributed by atoms with van der Waals surface area (Å²) in [6.07, 6.45) is 1.80. The van der Waals surface area contributed by atoms with Gasteiger partial charge in [0.05, 0.1) is 22.4 Å². The molecule has 3 aromatic rings. The molecule has 34 heavy (non-hydrogen) atoms. The number of hydrogen-bond donors (Lipinski definition) is 1. The van der Waals surface area contributed by atoms with Crippen LogP contribution in [-0.4, -0.2) is 28.7 Å². The van der Waals surface area contributed by atoms with E-state index < -0.39 is 0 Å². The van der Waals surface area contributed by atoms with E-state index >= 15 is 0 Å². The van der Waals surface area contributed by atoms with E-state index in [1.165, 1.54) is 6.07 Å². The number of anilines is 1. The first-order valence-corrected chi connectivity index (χ1v) is 11.2. The second kappa shape index (κ2) is 10.7. The number of benzene rings is 2. The summed E-state index contributed by atoms with van der Waals surface area (Å²) in [6.45, 7) is 11.9. The number of allylic oxidation sites excluding steroid dienone is 1. The second-order valence-electron chi connectivity index (χ2n) is 8.59. The van der Waals surface area contributed by atoms with E-state index in [1.54, 1.807) is 17.3 Å². The van der Waals surface area contributed by atoms with Crippen molar-refractivity contribution in [1.82, 2.24) is 9.99 Å². The molecule has 0 aliphatic heterocycles. The Balaban J connectivity index is 2.17. The molecule has 0 bridgehead atoms. The number of hydrazone groups is 1. The number of nitro groups is 1. The van der Waals surface area contributed by atoms with E-state index in [1.807, 2.05) is 69.4 Å². The molecule has 3 rings (SSSR count). The van der Waals surface area contributed by atoms with Gasteiger partial charge in [-0.15, -0.1) is 0 Å². The van der Waals surface area contributed by atoms with Gasteiger partial charge in [-0.1, -0.05) is 50.2 Å². The van der Waals surface area contributed by atoms with Crippen molar-refractivity contribution in [3.05, 3.63) is 105 Å². The Kier molecular flexibility index (Phi) is 7.79. The van der Waals surface area contributed by atoms with Gasteiger partial charge in [-0.2, -0.15) is 5.10 Å². The molecular formula is C27H31N5O2. The Morgan fingerprint density at radius 3 is 2.41 bits per heavy atom. The highest BCUT2D eigenvalue weighted by Crippen LogP contribution is 2.35. The minimum absolute atomic E-state index is 0.00689. The number of nitrogens with one attached hydrogen (secondary N) is 1. The quantitative estimate of drug-likeness (QED) is 0.227. The van der Waals surface area contributed by atoms with E-state index in [4.69, 9.17) is 0 Å². The highest BCUT2D eigenvalue weighted by Gasteiger charge is 2.23. The number of nitrogens with zero attached hydrogens (tertiary/aromatic N) is 4. The van der Waals surface area contributed by atoms with Crippen molar-refractivity contribution in [3.63, 3.8) is 0 Å². The van der Waals surface area contributed by atoms with Crippen LogP contribution in [0.1, 0.15) is 49.2 Å². The van der Waals surface area contributed by atoms with Crippen LogP contribution >= 0.6 is 0 Å². The molecule has 7 heteroatoms. The predicted molar refractivity (Wildman–Crippen MR) is 139 cm³/mol. The summed E-state index contributed by atoms with van der Waals surface area (Å²) in [7, 11) is 1.83. The Morgan fingerprint density at radius 1 is 1.15 bits per heavy atom. The van der Waals surface area contributed by atoms with Crippen molar-refractivity contribution in [3.8, 4) is 0 Å². The van der Waals surface area contributed by atoms with E-state index in [0.29, 0.717) is 5.69 Å².